The zero-order chi connectivity index (χ0) is 24.2. The van der Waals surface area contributed by atoms with Gasteiger partial charge in [-0.05, 0) is 59.5 Å². The lowest BCUT2D eigenvalue weighted by Crippen LogP contribution is -2.24. The molecular weight excluding hydrogens is 443 g/mol. The van der Waals surface area contributed by atoms with Crippen molar-refractivity contribution in [3.05, 3.63) is 120 Å². The largest absolute Gasteiger partial charge is 0.345 e. The summed E-state index contributed by atoms with van der Waals surface area (Å²) in [4.78, 5) is 17.1. The third-order valence-electron chi connectivity index (χ3n) is 5.67. The number of nitrogens with zero attached hydrogens (tertiary/aromatic N) is 5. The quantitative estimate of drug-likeness (QED) is 0.382. The van der Waals surface area contributed by atoms with Crippen LogP contribution < -0.4 is 5.32 Å². The first-order chi connectivity index (χ1) is 17.1. The highest BCUT2D eigenvalue weighted by molar-refractivity contribution is 5.90. The summed E-state index contributed by atoms with van der Waals surface area (Å²) in [5, 5.41) is 11.5. The van der Waals surface area contributed by atoms with Crippen molar-refractivity contribution in [1.29, 1.82) is 0 Å². The van der Waals surface area contributed by atoms with Crippen LogP contribution in [0.5, 0.6) is 0 Å². The fourth-order valence-corrected chi connectivity index (χ4v) is 3.89. The van der Waals surface area contributed by atoms with Gasteiger partial charge < -0.3 is 5.32 Å². The third kappa shape index (κ3) is 5.01. The Balaban J connectivity index is 1.29. The Morgan fingerprint density at radius 2 is 1.74 bits per heavy atom. The van der Waals surface area contributed by atoms with Gasteiger partial charge >= 0.3 is 0 Å². The summed E-state index contributed by atoms with van der Waals surface area (Å²) >= 11 is 0. The summed E-state index contributed by atoms with van der Waals surface area (Å²) in [6.07, 6.45) is 3.70. The SMILES string of the molecule is Cc1nc(C(=O)NCc2ccccc2-c2ccc(Cn3cccn3)cc2)nn1-c1ccc(F)cc1. The summed E-state index contributed by atoms with van der Waals surface area (Å²) < 4.78 is 16.6. The Kier molecular flexibility index (Phi) is 6.17. The van der Waals surface area contributed by atoms with Crippen LogP contribution in [-0.4, -0.2) is 30.5 Å². The van der Waals surface area contributed by atoms with Crippen molar-refractivity contribution >= 4 is 5.91 Å². The van der Waals surface area contributed by atoms with Gasteiger partial charge in [-0.2, -0.15) is 5.10 Å². The van der Waals surface area contributed by atoms with Crippen molar-refractivity contribution < 1.29 is 9.18 Å². The molecule has 1 amide bonds. The lowest BCUT2D eigenvalue weighted by molar-refractivity contribution is 0.0940. The molecule has 174 valence electrons. The molecule has 0 unspecified atom stereocenters. The van der Waals surface area contributed by atoms with Gasteiger partial charge in [-0.1, -0.05) is 48.5 Å². The number of benzene rings is 3. The van der Waals surface area contributed by atoms with Crippen molar-refractivity contribution in [2.24, 2.45) is 0 Å². The van der Waals surface area contributed by atoms with E-state index in [0.29, 0.717) is 24.6 Å². The van der Waals surface area contributed by atoms with E-state index in [-0.39, 0.29) is 17.5 Å². The lowest BCUT2D eigenvalue weighted by Gasteiger charge is -2.11. The van der Waals surface area contributed by atoms with E-state index in [2.05, 4.69) is 44.8 Å². The van der Waals surface area contributed by atoms with Gasteiger partial charge in [0.25, 0.3) is 5.91 Å². The molecular formula is C27H23FN6O. The molecule has 0 fully saturated rings. The first kappa shape index (κ1) is 22.2. The molecule has 1 N–H and O–H groups in total. The normalized spacial score (nSPS) is 10.9. The zero-order valence-electron chi connectivity index (χ0n) is 19.1. The number of hydrogen-bond donors (Lipinski definition) is 1. The highest BCUT2D eigenvalue weighted by Gasteiger charge is 2.16. The minimum absolute atomic E-state index is 0.0623. The first-order valence-electron chi connectivity index (χ1n) is 11.2. The molecule has 0 aliphatic carbocycles. The second-order valence-electron chi connectivity index (χ2n) is 8.11. The van der Waals surface area contributed by atoms with Crippen molar-refractivity contribution in [2.45, 2.75) is 20.0 Å². The molecule has 8 heteroatoms. The fraction of sp³-hybridized carbons (Fsp3) is 0.111. The van der Waals surface area contributed by atoms with Crippen LogP contribution >= 0.6 is 0 Å². The van der Waals surface area contributed by atoms with Gasteiger partial charge in [0.05, 0.1) is 12.2 Å². The molecule has 0 radical (unpaired) electrons. The second-order valence-corrected chi connectivity index (χ2v) is 8.11. The van der Waals surface area contributed by atoms with Crippen molar-refractivity contribution in [3.8, 4) is 16.8 Å². The van der Waals surface area contributed by atoms with Gasteiger partial charge in [-0.3, -0.25) is 9.48 Å². The van der Waals surface area contributed by atoms with Gasteiger partial charge in [0, 0.05) is 18.9 Å². The maximum absolute atomic E-state index is 13.2. The van der Waals surface area contributed by atoms with E-state index in [0.717, 1.165) is 22.3 Å². The summed E-state index contributed by atoms with van der Waals surface area (Å²) in [5.74, 6) is -0.112. The summed E-state index contributed by atoms with van der Waals surface area (Å²) in [7, 11) is 0. The predicted octanol–water partition coefficient (Wildman–Crippen LogP) is 4.56. The molecule has 3 aromatic carbocycles. The monoisotopic (exact) mass is 466 g/mol. The average Bonchev–Trinajstić information content (AvgIpc) is 3.53. The van der Waals surface area contributed by atoms with Crippen molar-refractivity contribution in [2.75, 3.05) is 0 Å². The van der Waals surface area contributed by atoms with E-state index >= 15 is 0 Å². The van der Waals surface area contributed by atoms with Crippen LogP contribution in [0.15, 0.2) is 91.3 Å². The van der Waals surface area contributed by atoms with Gasteiger partial charge in [-0.25, -0.2) is 14.1 Å². The minimum Gasteiger partial charge on any atom is -0.345 e. The number of aromatic nitrogens is 5. The maximum Gasteiger partial charge on any atom is 0.291 e. The van der Waals surface area contributed by atoms with Crippen molar-refractivity contribution in [1.82, 2.24) is 29.9 Å². The standard InChI is InChI=1S/C27H23FN6O/c1-19-31-26(32-34(19)24-13-11-23(28)12-14-24)27(35)29-17-22-5-2-3-6-25(22)21-9-7-20(8-10-21)18-33-16-4-15-30-33/h2-16H,17-18H2,1H3,(H,29,35). The molecule has 5 aromatic rings. The van der Waals surface area contributed by atoms with E-state index in [4.69, 9.17) is 0 Å². The van der Waals surface area contributed by atoms with Gasteiger partial charge in [0.1, 0.15) is 11.6 Å². The van der Waals surface area contributed by atoms with E-state index in [9.17, 15) is 9.18 Å². The number of halogens is 1. The van der Waals surface area contributed by atoms with E-state index in [1.165, 1.54) is 16.8 Å². The van der Waals surface area contributed by atoms with Crippen LogP contribution in [0, 0.1) is 12.7 Å². The number of carbonyl (C=O) groups is 1. The van der Waals surface area contributed by atoms with E-state index in [1.807, 2.05) is 41.2 Å². The van der Waals surface area contributed by atoms with Crippen LogP contribution in [0.2, 0.25) is 0 Å². The molecule has 0 spiro atoms. The topological polar surface area (TPSA) is 77.6 Å². The predicted molar refractivity (Wildman–Crippen MR) is 130 cm³/mol. The molecule has 0 bridgehead atoms. The second kappa shape index (κ2) is 9.72. The maximum atomic E-state index is 13.2. The Labute approximate surface area is 201 Å². The van der Waals surface area contributed by atoms with E-state index in [1.54, 1.807) is 25.3 Å². The van der Waals surface area contributed by atoms with Crippen molar-refractivity contribution in [3.63, 3.8) is 0 Å². The Morgan fingerprint density at radius 1 is 0.971 bits per heavy atom. The number of hydrogen-bond acceptors (Lipinski definition) is 4. The molecule has 0 saturated heterocycles. The van der Waals surface area contributed by atoms with Gasteiger partial charge in [-0.15, -0.1) is 5.10 Å². The lowest BCUT2D eigenvalue weighted by atomic mass is 9.98. The van der Waals surface area contributed by atoms with Crippen LogP contribution in [0.1, 0.15) is 27.6 Å². The molecule has 35 heavy (non-hydrogen) atoms. The van der Waals surface area contributed by atoms with Crippen LogP contribution in [-0.2, 0) is 13.1 Å². The molecule has 2 heterocycles. The number of amides is 1. The average molecular weight is 467 g/mol. The molecule has 0 aliphatic heterocycles. The first-order valence-corrected chi connectivity index (χ1v) is 11.2. The molecule has 2 aromatic heterocycles. The fourth-order valence-electron chi connectivity index (χ4n) is 3.89. The molecule has 0 saturated carbocycles. The molecule has 5 rings (SSSR count). The number of nitrogens with one attached hydrogen (secondary N) is 1. The third-order valence-corrected chi connectivity index (χ3v) is 5.67. The zero-order valence-corrected chi connectivity index (χ0v) is 19.1. The molecule has 7 nitrogen and oxygen atoms in total. The Bertz CT molecular complexity index is 1440. The summed E-state index contributed by atoms with van der Waals surface area (Å²) in [6.45, 7) is 2.79. The Morgan fingerprint density at radius 3 is 2.49 bits per heavy atom. The van der Waals surface area contributed by atoms with Crippen LogP contribution in [0.3, 0.4) is 0 Å². The Hall–Kier alpha value is -4.59. The van der Waals surface area contributed by atoms with Crippen LogP contribution in [0.25, 0.3) is 16.8 Å². The number of aryl methyl sites for hydroxylation is 1. The number of carbonyl (C=O) groups excluding carboxylic acids is 1. The summed E-state index contributed by atoms with van der Waals surface area (Å²) in [6, 6.07) is 24.1. The number of rotatable bonds is 7. The van der Waals surface area contributed by atoms with Crippen LogP contribution in [0.4, 0.5) is 4.39 Å². The highest BCUT2D eigenvalue weighted by Crippen LogP contribution is 2.24. The van der Waals surface area contributed by atoms with E-state index < -0.39 is 0 Å². The smallest absolute Gasteiger partial charge is 0.291 e. The van der Waals surface area contributed by atoms with Gasteiger partial charge in [0.2, 0.25) is 5.82 Å². The highest BCUT2D eigenvalue weighted by atomic mass is 19.1. The minimum atomic E-state index is -0.377. The van der Waals surface area contributed by atoms with Gasteiger partial charge in [0.15, 0.2) is 0 Å². The molecule has 0 atom stereocenters. The summed E-state index contributed by atoms with van der Waals surface area (Å²) in [5.41, 5.74) is 4.88. The molecule has 0 aliphatic rings.